The molecule has 0 spiro atoms. The fourth-order valence-corrected chi connectivity index (χ4v) is 2.82. The Labute approximate surface area is 162 Å². The van der Waals surface area contributed by atoms with Gasteiger partial charge in [-0.25, -0.2) is 0 Å². The summed E-state index contributed by atoms with van der Waals surface area (Å²) in [4.78, 5) is 10.4. The molecule has 1 N–H and O–H groups in total. The summed E-state index contributed by atoms with van der Waals surface area (Å²) in [6.07, 6.45) is 7.36. The van der Waals surface area contributed by atoms with Crippen molar-refractivity contribution in [3.63, 3.8) is 0 Å². The first-order chi connectivity index (χ1) is 12.2. The molecule has 0 aliphatic carbocycles. The second kappa shape index (κ2) is 13.2. The molecule has 0 radical (unpaired) electrons. The first kappa shape index (κ1) is 22.0. The van der Waals surface area contributed by atoms with Gasteiger partial charge >= 0.3 is 5.97 Å². The Balaban J connectivity index is 0.00000338. The highest BCUT2D eigenvalue weighted by molar-refractivity contribution is 5.85. The van der Waals surface area contributed by atoms with E-state index < -0.39 is 5.97 Å². The monoisotopic (exact) mass is 376 g/mol. The van der Waals surface area contributed by atoms with E-state index >= 15 is 0 Å². The van der Waals surface area contributed by atoms with Crippen molar-refractivity contribution in [1.82, 2.24) is 0 Å². The van der Waals surface area contributed by atoms with Gasteiger partial charge in [0, 0.05) is 6.42 Å². The number of benzene rings is 2. The lowest BCUT2D eigenvalue weighted by molar-refractivity contribution is -0.137. The van der Waals surface area contributed by atoms with Crippen LogP contribution in [0, 0.1) is 0 Å². The SMILES string of the molecule is Cl.O=C(O)CCCCCCc1ccc(OCCCc2ccccc2)cc1. The molecule has 4 heteroatoms. The minimum atomic E-state index is -0.695. The van der Waals surface area contributed by atoms with Gasteiger partial charge in [0.05, 0.1) is 6.61 Å². The third-order valence-corrected chi connectivity index (χ3v) is 4.25. The maximum Gasteiger partial charge on any atom is 0.303 e. The Morgan fingerprint density at radius 1 is 0.769 bits per heavy atom. The van der Waals surface area contributed by atoms with Gasteiger partial charge in [-0.1, -0.05) is 55.3 Å². The van der Waals surface area contributed by atoms with Crippen molar-refractivity contribution < 1.29 is 14.6 Å². The van der Waals surface area contributed by atoms with E-state index in [9.17, 15) is 4.79 Å². The minimum absolute atomic E-state index is 0. The number of carboxylic acid groups (broad SMARTS) is 1. The molecule has 3 nitrogen and oxygen atoms in total. The van der Waals surface area contributed by atoms with Crippen molar-refractivity contribution in [3.8, 4) is 5.75 Å². The molecule has 0 aromatic heterocycles. The normalized spacial score (nSPS) is 10.2. The van der Waals surface area contributed by atoms with E-state index in [4.69, 9.17) is 9.84 Å². The van der Waals surface area contributed by atoms with Crippen LogP contribution in [-0.4, -0.2) is 17.7 Å². The fourth-order valence-electron chi connectivity index (χ4n) is 2.82. The molecule has 0 aliphatic heterocycles. The van der Waals surface area contributed by atoms with Gasteiger partial charge in [-0.15, -0.1) is 12.4 Å². The summed E-state index contributed by atoms with van der Waals surface area (Å²) in [5, 5.41) is 8.60. The van der Waals surface area contributed by atoms with E-state index in [-0.39, 0.29) is 18.8 Å². The summed E-state index contributed by atoms with van der Waals surface area (Å²) in [7, 11) is 0. The van der Waals surface area contributed by atoms with E-state index in [0.717, 1.165) is 57.3 Å². The highest BCUT2D eigenvalue weighted by atomic mass is 35.5. The topological polar surface area (TPSA) is 46.5 Å². The van der Waals surface area contributed by atoms with Gasteiger partial charge in [0.25, 0.3) is 0 Å². The van der Waals surface area contributed by atoms with Gasteiger partial charge in [-0.2, -0.15) is 0 Å². The van der Waals surface area contributed by atoms with Gasteiger partial charge in [-0.05, 0) is 55.4 Å². The van der Waals surface area contributed by atoms with Crippen LogP contribution in [-0.2, 0) is 17.6 Å². The first-order valence-electron chi connectivity index (χ1n) is 9.21. The summed E-state index contributed by atoms with van der Waals surface area (Å²) in [6.45, 7) is 0.734. The number of halogens is 1. The zero-order valence-corrected chi connectivity index (χ0v) is 16.0. The molecule has 0 bridgehead atoms. The molecule has 0 aliphatic rings. The maximum atomic E-state index is 10.4. The van der Waals surface area contributed by atoms with Gasteiger partial charge < -0.3 is 9.84 Å². The zero-order valence-electron chi connectivity index (χ0n) is 15.2. The number of hydrogen-bond donors (Lipinski definition) is 1. The highest BCUT2D eigenvalue weighted by Gasteiger charge is 1.99. The molecule has 2 aromatic rings. The third kappa shape index (κ3) is 9.47. The predicted molar refractivity (Wildman–Crippen MR) is 108 cm³/mol. The number of aryl methyl sites for hydroxylation is 2. The van der Waals surface area contributed by atoms with E-state index in [0.29, 0.717) is 0 Å². The number of rotatable bonds is 12. The van der Waals surface area contributed by atoms with E-state index in [1.165, 1.54) is 11.1 Å². The van der Waals surface area contributed by atoms with Gasteiger partial charge in [0.1, 0.15) is 5.75 Å². The molecule has 26 heavy (non-hydrogen) atoms. The molecule has 0 atom stereocenters. The lowest BCUT2D eigenvalue weighted by Gasteiger charge is -2.07. The van der Waals surface area contributed by atoms with Gasteiger partial charge in [0.15, 0.2) is 0 Å². The molecule has 142 valence electrons. The van der Waals surface area contributed by atoms with Crippen LogP contribution in [0.3, 0.4) is 0 Å². The smallest absolute Gasteiger partial charge is 0.303 e. The van der Waals surface area contributed by atoms with Crippen LogP contribution < -0.4 is 4.74 Å². The maximum absolute atomic E-state index is 10.4. The van der Waals surface area contributed by atoms with Crippen LogP contribution in [0.2, 0.25) is 0 Å². The Kier molecular flexibility index (Phi) is 11.2. The largest absolute Gasteiger partial charge is 0.494 e. The third-order valence-electron chi connectivity index (χ3n) is 4.25. The Hall–Kier alpha value is -2.00. The van der Waals surface area contributed by atoms with Crippen molar-refractivity contribution in [1.29, 1.82) is 0 Å². The summed E-state index contributed by atoms with van der Waals surface area (Å²) in [6, 6.07) is 18.8. The average Bonchev–Trinajstić information content (AvgIpc) is 2.63. The first-order valence-corrected chi connectivity index (χ1v) is 9.21. The second-order valence-electron chi connectivity index (χ2n) is 6.39. The molecule has 2 aromatic carbocycles. The number of ether oxygens (including phenoxy) is 1. The molecule has 0 fully saturated rings. The van der Waals surface area contributed by atoms with Crippen LogP contribution in [0.15, 0.2) is 54.6 Å². The van der Waals surface area contributed by atoms with Crippen molar-refractivity contribution in [2.45, 2.75) is 51.4 Å². The number of carboxylic acids is 1. The molecule has 0 heterocycles. The van der Waals surface area contributed by atoms with E-state index in [1.807, 2.05) is 18.2 Å². The standard InChI is InChI=1S/C22H28O3.ClH/c23-22(24)13-7-2-1-4-11-20-14-16-21(17-15-20)25-18-8-12-19-9-5-3-6-10-19;/h3,5-6,9-10,14-17H,1-2,4,7-8,11-13,18H2,(H,23,24);1H. The molecule has 0 unspecified atom stereocenters. The Morgan fingerprint density at radius 2 is 1.38 bits per heavy atom. The summed E-state index contributed by atoms with van der Waals surface area (Å²) >= 11 is 0. The number of unbranched alkanes of at least 4 members (excludes halogenated alkanes) is 3. The predicted octanol–water partition coefficient (Wildman–Crippen LogP) is 5.70. The van der Waals surface area contributed by atoms with Gasteiger partial charge in [-0.3, -0.25) is 4.79 Å². The van der Waals surface area contributed by atoms with Crippen LogP contribution in [0.1, 0.15) is 49.7 Å². The van der Waals surface area contributed by atoms with Crippen LogP contribution in [0.5, 0.6) is 5.75 Å². The summed E-state index contributed by atoms with van der Waals surface area (Å²) in [5.41, 5.74) is 2.67. The zero-order chi connectivity index (χ0) is 17.7. The van der Waals surface area contributed by atoms with Crippen molar-refractivity contribution in [2.24, 2.45) is 0 Å². The Morgan fingerprint density at radius 3 is 2.08 bits per heavy atom. The molecule has 0 saturated carbocycles. The van der Waals surface area contributed by atoms with Crippen molar-refractivity contribution in [2.75, 3.05) is 6.61 Å². The molecular formula is C22H29ClO3. The summed E-state index contributed by atoms with van der Waals surface area (Å²) < 4.78 is 5.81. The van der Waals surface area contributed by atoms with E-state index in [2.05, 4.69) is 36.4 Å². The molecular weight excluding hydrogens is 348 g/mol. The average molecular weight is 377 g/mol. The lowest BCUT2D eigenvalue weighted by atomic mass is 10.1. The van der Waals surface area contributed by atoms with Crippen molar-refractivity contribution >= 4 is 18.4 Å². The quantitative estimate of drug-likeness (QED) is 0.483. The van der Waals surface area contributed by atoms with E-state index in [1.54, 1.807) is 0 Å². The number of aliphatic carboxylic acids is 1. The number of carbonyl (C=O) groups is 1. The second-order valence-corrected chi connectivity index (χ2v) is 6.39. The molecule has 0 amide bonds. The lowest BCUT2D eigenvalue weighted by Crippen LogP contribution is -1.99. The molecule has 2 rings (SSSR count). The number of hydrogen-bond acceptors (Lipinski definition) is 2. The fraction of sp³-hybridized carbons (Fsp3) is 0.409. The van der Waals surface area contributed by atoms with Crippen LogP contribution in [0.25, 0.3) is 0 Å². The Bertz CT molecular complexity index is 611. The highest BCUT2D eigenvalue weighted by Crippen LogP contribution is 2.15. The molecule has 0 saturated heterocycles. The summed E-state index contributed by atoms with van der Waals surface area (Å²) in [5.74, 6) is 0.234. The minimum Gasteiger partial charge on any atom is -0.494 e. The van der Waals surface area contributed by atoms with Crippen LogP contribution in [0.4, 0.5) is 0 Å². The van der Waals surface area contributed by atoms with Crippen molar-refractivity contribution in [3.05, 3.63) is 65.7 Å². The van der Waals surface area contributed by atoms with Gasteiger partial charge in [0.2, 0.25) is 0 Å². The van der Waals surface area contributed by atoms with Crippen LogP contribution >= 0.6 is 12.4 Å².